The quantitative estimate of drug-likeness (QED) is 0.782. The molecule has 2 aliphatic carbocycles. The van der Waals surface area contributed by atoms with E-state index in [0.29, 0.717) is 12.0 Å². The number of ether oxygens (including phenoxy) is 1. The molecule has 0 heterocycles. The summed E-state index contributed by atoms with van der Waals surface area (Å²) in [6.07, 6.45) is 8.80. The van der Waals surface area contributed by atoms with Crippen molar-refractivity contribution in [2.45, 2.75) is 58.5 Å². The third kappa shape index (κ3) is 3.05. The number of fused-ring (bicyclic) bond motifs is 1. The van der Waals surface area contributed by atoms with Gasteiger partial charge in [0, 0.05) is 18.1 Å². The largest absolute Gasteiger partial charge is 0.381 e. The van der Waals surface area contributed by atoms with Gasteiger partial charge in [-0.3, -0.25) is 0 Å². The summed E-state index contributed by atoms with van der Waals surface area (Å²) < 4.78 is 5.52. The van der Waals surface area contributed by atoms with E-state index < -0.39 is 0 Å². The molecule has 1 fully saturated rings. The van der Waals surface area contributed by atoms with Crippen LogP contribution in [0.4, 0.5) is 0 Å². The lowest BCUT2D eigenvalue weighted by Crippen LogP contribution is -2.35. The molecule has 1 saturated carbocycles. The molecule has 0 aliphatic heterocycles. The molecule has 122 valence electrons. The van der Waals surface area contributed by atoms with E-state index >= 15 is 0 Å². The lowest BCUT2D eigenvalue weighted by Gasteiger charge is -2.36. The van der Waals surface area contributed by atoms with Crippen molar-refractivity contribution < 1.29 is 4.74 Å². The number of hydrogen-bond acceptors (Lipinski definition) is 3. The number of hydrogen-bond donors (Lipinski definition) is 0. The Balaban J connectivity index is 1.94. The molecule has 0 unspecified atom stereocenters. The van der Waals surface area contributed by atoms with Crippen LogP contribution in [-0.4, -0.2) is 18.9 Å². The van der Waals surface area contributed by atoms with Crippen molar-refractivity contribution in [3.63, 3.8) is 0 Å². The molecular weight excluding hydrogens is 284 g/mol. The van der Waals surface area contributed by atoms with Gasteiger partial charge in [-0.2, -0.15) is 10.3 Å². The molecule has 0 amide bonds. The van der Waals surface area contributed by atoms with Crippen molar-refractivity contribution in [1.82, 2.24) is 0 Å². The second-order valence-electron chi connectivity index (χ2n) is 7.54. The first-order valence-electron chi connectivity index (χ1n) is 8.70. The molecule has 0 saturated heterocycles. The fraction of sp³-hybridized carbons (Fsp3) is 0.600. The van der Waals surface area contributed by atoms with Crippen LogP contribution in [0.1, 0.15) is 56.2 Å². The van der Waals surface area contributed by atoms with Crippen LogP contribution in [0.2, 0.25) is 0 Å². The second-order valence-corrected chi connectivity index (χ2v) is 7.54. The summed E-state index contributed by atoms with van der Waals surface area (Å²) in [5.41, 5.74) is 5.04. The SMILES string of the molecule is COC1CCC2(CC1)Cc1ccc(CC(C)C)cc1C2=NC#N. The number of benzene rings is 1. The monoisotopic (exact) mass is 310 g/mol. The fourth-order valence-electron chi connectivity index (χ4n) is 4.35. The highest BCUT2D eigenvalue weighted by Crippen LogP contribution is 2.48. The van der Waals surface area contributed by atoms with Crippen LogP contribution in [0.5, 0.6) is 0 Å². The van der Waals surface area contributed by atoms with Gasteiger partial charge in [-0.15, -0.1) is 0 Å². The Morgan fingerprint density at radius 3 is 2.70 bits per heavy atom. The van der Waals surface area contributed by atoms with Gasteiger partial charge in [0.05, 0.1) is 11.8 Å². The summed E-state index contributed by atoms with van der Waals surface area (Å²) in [7, 11) is 1.80. The maximum absolute atomic E-state index is 9.22. The minimum atomic E-state index is 0.0591. The Hall–Kier alpha value is -1.66. The molecule has 1 spiro atoms. The van der Waals surface area contributed by atoms with Crippen LogP contribution in [0.25, 0.3) is 0 Å². The fourth-order valence-corrected chi connectivity index (χ4v) is 4.35. The topological polar surface area (TPSA) is 45.4 Å². The van der Waals surface area contributed by atoms with Crippen LogP contribution in [0, 0.1) is 22.8 Å². The first-order valence-corrected chi connectivity index (χ1v) is 8.70. The van der Waals surface area contributed by atoms with E-state index in [1.54, 1.807) is 7.11 Å². The number of methoxy groups -OCH3 is 1. The van der Waals surface area contributed by atoms with Gasteiger partial charge in [0.2, 0.25) is 6.19 Å². The van der Waals surface area contributed by atoms with Crippen molar-refractivity contribution in [3.05, 3.63) is 34.9 Å². The molecule has 2 aliphatic rings. The van der Waals surface area contributed by atoms with Crippen LogP contribution < -0.4 is 0 Å². The third-order valence-corrected chi connectivity index (χ3v) is 5.49. The predicted octanol–water partition coefficient (Wildman–Crippen LogP) is 4.29. The van der Waals surface area contributed by atoms with E-state index in [-0.39, 0.29) is 5.41 Å². The normalized spacial score (nSPS) is 28.3. The Morgan fingerprint density at radius 1 is 1.35 bits per heavy atom. The first kappa shape index (κ1) is 16.2. The number of aliphatic imine (C=N–C) groups is 1. The number of nitrogens with zero attached hydrogens (tertiary/aromatic N) is 2. The zero-order valence-electron chi connectivity index (χ0n) is 14.4. The van der Waals surface area contributed by atoms with Gasteiger partial charge < -0.3 is 4.74 Å². The van der Waals surface area contributed by atoms with E-state index in [1.807, 2.05) is 0 Å². The summed E-state index contributed by atoms with van der Waals surface area (Å²) in [6, 6.07) is 6.79. The summed E-state index contributed by atoms with van der Waals surface area (Å²) in [5, 5.41) is 9.22. The molecule has 1 aromatic carbocycles. The summed E-state index contributed by atoms with van der Waals surface area (Å²) in [6.45, 7) is 4.48. The number of nitriles is 1. The van der Waals surface area contributed by atoms with Crippen LogP contribution in [-0.2, 0) is 17.6 Å². The zero-order chi connectivity index (χ0) is 16.4. The summed E-state index contributed by atoms with van der Waals surface area (Å²) in [4.78, 5) is 4.29. The molecule has 0 bridgehead atoms. The second kappa shape index (κ2) is 6.45. The average Bonchev–Trinajstić information content (AvgIpc) is 2.82. The van der Waals surface area contributed by atoms with Gasteiger partial charge in [0.15, 0.2) is 0 Å². The number of rotatable bonds is 3. The Bertz CT molecular complexity index is 646. The van der Waals surface area contributed by atoms with Gasteiger partial charge >= 0.3 is 0 Å². The average molecular weight is 310 g/mol. The minimum Gasteiger partial charge on any atom is -0.381 e. The minimum absolute atomic E-state index is 0.0591. The van der Waals surface area contributed by atoms with Gasteiger partial charge in [0.1, 0.15) is 0 Å². The summed E-state index contributed by atoms with van der Waals surface area (Å²) in [5.74, 6) is 0.636. The third-order valence-electron chi connectivity index (χ3n) is 5.49. The molecule has 0 N–H and O–H groups in total. The molecule has 0 aromatic heterocycles. The highest BCUT2D eigenvalue weighted by Gasteiger charge is 2.45. The standard InChI is InChI=1S/C20H26N2O/c1-14(2)10-15-4-5-16-12-20(8-6-17(23-3)7-9-20)19(22-13-21)18(16)11-15/h4-5,11,14,17H,6-10,12H2,1-3H3. The van der Waals surface area contributed by atoms with E-state index in [2.05, 4.69) is 43.2 Å². The van der Waals surface area contributed by atoms with Gasteiger partial charge in [-0.25, -0.2) is 0 Å². The highest BCUT2D eigenvalue weighted by atomic mass is 16.5. The molecular formula is C20H26N2O. The van der Waals surface area contributed by atoms with E-state index in [9.17, 15) is 5.26 Å². The Morgan fingerprint density at radius 2 is 2.09 bits per heavy atom. The van der Waals surface area contributed by atoms with Gasteiger partial charge in [-0.1, -0.05) is 26.0 Å². The van der Waals surface area contributed by atoms with Gasteiger partial charge in [-0.05, 0) is 61.6 Å². The zero-order valence-corrected chi connectivity index (χ0v) is 14.4. The maximum Gasteiger partial charge on any atom is 0.205 e. The molecule has 3 nitrogen and oxygen atoms in total. The Labute approximate surface area is 139 Å². The lowest BCUT2D eigenvalue weighted by atomic mass is 9.70. The molecule has 23 heavy (non-hydrogen) atoms. The van der Waals surface area contributed by atoms with E-state index in [0.717, 1.165) is 44.2 Å². The first-order chi connectivity index (χ1) is 11.1. The smallest absolute Gasteiger partial charge is 0.205 e. The van der Waals surface area contributed by atoms with Gasteiger partial charge in [0.25, 0.3) is 0 Å². The van der Waals surface area contributed by atoms with E-state index in [1.165, 1.54) is 16.7 Å². The van der Waals surface area contributed by atoms with Crippen LogP contribution in [0.15, 0.2) is 23.2 Å². The Kier molecular flexibility index (Phi) is 4.55. The van der Waals surface area contributed by atoms with Crippen molar-refractivity contribution in [2.75, 3.05) is 7.11 Å². The van der Waals surface area contributed by atoms with Crippen molar-refractivity contribution in [1.29, 1.82) is 5.26 Å². The lowest BCUT2D eigenvalue weighted by molar-refractivity contribution is 0.0468. The van der Waals surface area contributed by atoms with E-state index in [4.69, 9.17) is 4.74 Å². The van der Waals surface area contributed by atoms with Crippen LogP contribution >= 0.6 is 0 Å². The molecule has 0 radical (unpaired) electrons. The van der Waals surface area contributed by atoms with Crippen molar-refractivity contribution in [2.24, 2.45) is 16.3 Å². The highest BCUT2D eigenvalue weighted by molar-refractivity contribution is 6.09. The van der Waals surface area contributed by atoms with Crippen LogP contribution in [0.3, 0.4) is 0 Å². The van der Waals surface area contributed by atoms with Crippen molar-refractivity contribution >= 4 is 5.71 Å². The molecule has 3 rings (SSSR count). The molecule has 1 aromatic rings. The molecule has 0 atom stereocenters. The predicted molar refractivity (Wildman–Crippen MR) is 92.5 cm³/mol. The summed E-state index contributed by atoms with van der Waals surface area (Å²) >= 11 is 0. The van der Waals surface area contributed by atoms with Crippen molar-refractivity contribution in [3.8, 4) is 6.19 Å². The molecule has 3 heteroatoms. The maximum atomic E-state index is 9.22.